The molecule has 33 heavy (non-hydrogen) atoms. The van der Waals surface area contributed by atoms with Gasteiger partial charge in [0.25, 0.3) is 5.91 Å². The number of aliphatic carboxylic acids is 1. The molecule has 0 fully saturated rings. The van der Waals surface area contributed by atoms with Gasteiger partial charge in [0.1, 0.15) is 5.54 Å². The van der Waals surface area contributed by atoms with E-state index in [4.69, 9.17) is 9.47 Å². The zero-order chi connectivity index (χ0) is 23.4. The number of benzene rings is 2. The Hall–Kier alpha value is -3.87. The molecule has 0 radical (unpaired) electrons. The summed E-state index contributed by atoms with van der Waals surface area (Å²) in [5.41, 5.74) is 2.72. The van der Waals surface area contributed by atoms with Crippen LogP contribution in [0.25, 0.3) is 0 Å². The Bertz CT molecular complexity index is 1170. The number of amides is 1. The highest BCUT2D eigenvalue weighted by atomic mass is 16.5. The van der Waals surface area contributed by atoms with Crippen molar-refractivity contribution < 1.29 is 24.2 Å². The first-order valence-corrected chi connectivity index (χ1v) is 10.8. The third-order valence-corrected chi connectivity index (χ3v) is 5.86. The van der Waals surface area contributed by atoms with Crippen LogP contribution >= 0.6 is 0 Å². The van der Waals surface area contributed by atoms with Crippen molar-refractivity contribution >= 4 is 11.9 Å². The van der Waals surface area contributed by atoms with E-state index in [1.165, 1.54) is 12.7 Å². The van der Waals surface area contributed by atoms with Crippen molar-refractivity contribution in [1.82, 2.24) is 10.3 Å². The third kappa shape index (κ3) is 4.82. The fourth-order valence-corrected chi connectivity index (χ4v) is 4.12. The number of carboxylic acid groups (broad SMARTS) is 1. The quantitative estimate of drug-likeness (QED) is 0.551. The van der Waals surface area contributed by atoms with Gasteiger partial charge in [0.15, 0.2) is 11.5 Å². The van der Waals surface area contributed by atoms with Crippen molar-refractivity contribution in [3.05, 3.63) is 88.7 Å². The number of hydrogen-bond acceptors (Lipinski definition) is 5. The highest BCUT2D eigenvalue weighted by molar-refractivity contribution is 5.99. The molecule has 7 heteroatoms. The minimum Gasteiger partial charge on any atom is -0.493 e. The number of methoxy groups -OCH3 is 1. The van der Waals surface area contributed by atoms with Crippen molar-refractivity contribution in [2.75, 3.05) is 13.7 Å². The van der Waals surface area contributed by atoms with Crippen molar-refractivity contribution in [3.8, 4) is 11.5 Å². The van der Waals surface area contributed by atoms with Gasteiger partial charge >= 0.3 is 5.97 Å². The molecule has 0 saturated heterocycles. The maximum atomic E-state index is 13.1. The first-order chi connectivity index (χ1) is 15.9. The standard InChI is InChI=1S/C26H26N2O5/c1-17-5-3-6-18(13-17)10-12-33-23-14-19(8-9-22(23)32-2)24(29)28-26(25(30)31)15-20-7-4-11-27-21(20)16-26/h3-9,11,13-14H,10,12,15-16H2,1-2H3,(H,28,29)(H,30,31). The number of ether oxygens (including phenoxy) is 2. The predicted molar refractivity (Wildman–Crippen MR) is 123 cm³/mol. The lowest BCUT2D eigenvalue weighted by Gasteiger charge is -2.25. The molecule has 0 bridgehead atoms. The van der Waals surface area contributed by atoms with Gasteiger partial charge < -0.3 is 19.9 Å². The number of carbonyl (C=O) groups excluding carboxylic acids is 1. The summed E-state index contributed by atoms with van der Waals surface area (Å²) in [6.45, 7) is 2.45. The summed E-state index contributed by atoms with van der Waals surface area (Å²) < 4.78 is 11.3. The van der Waals surface area contributed by atoms with Crippen molar-refractivity contribution in [2.24, 2.45) is 0 Å². The van der Waals surface area contributed by atoms with E-state index in [9.17, 15) is 14.7 Å². The van der Waals surface area contributed by atoms with Gasteiger partial charge in [-0.1, -0.05) is 35.9 Å². The van der Waals surface area contributed by atoms with Gasteiger partial charge in [0.05, 0.1) is 13.7 Å². The first kappa shape index (κ1) is 22.3. The molecule has 1 amide bonds. The highest BCUT2D eigenvalue weighted by Crippen LogP contribution is 2.31. The molecule has 0 spiro atoms. The van der Waals surface area contributed by atoms with Crippen LogP contribution < -0.4 is 14.8 Å². The van der Waals surface area contributed by atoms with E-state index in [1.54, 1.807) is 30.5 Å². The highest BCUT2D eigenvalue weighted by Gasteiger charge is 2.46. The lowest BCUT2D eigenvalue weighted by molar-refractivity contribution is -0.144. The van der Waals surface area contributed by atoms with Crippen LogP contribution in [-0.4, -0.2) is 41.2 Å². The normalized spacial score (nSPS) is 16.7. The number of hydrogen-bond donors (Lipinski definition) is 2. The zero-order valence-electron chi connectivity index (χ0n) is 18.6. The average molecular weight is 447 g/mol. The molecule has 1 atom stereocenters. The second-order valence-electron chi connectivity index (χ2n) is 8.26. The monoisotopic (exact) mass is 446 g/mol. The van der Waals surface area contributed by atoms with Crippen LogP contribution in [0.1, 0.15) is 32.7 Å². The molecule has 0 saturated carbocycles. The van der Waals surface area contributed by atoms with E-state index in [0.29, 0.717) is 35.8 Å². The van der Waals surface area contributed by atoms with E-state index < -0.39 is 17.4 Å². The van der Waals surface area contributed by atoms with Crippen LogP contribution in [0.3, 0.4) is 0 Å². The summed E-state index contributed by atoms with van der Waals surface area (Å²) in [5.74, 6) is -0.645. The molecule has 3 aromatic rings. The lowest BCUT2D eigenvalue weighted by Crippen LogP contribution is -2.55. The fraction of sp³-hybridized carbons (Fsp3) is 0.269. The van der Waals surface area contributed by atoms with Crippen LogP contribution in [0.4, 0.5) is 0 Å². The van der Waals surface area contributed by atoms with Crippen LogP contribution in [0.5, 0.6) is 11.5 Å². The molecule has 7 nitrogen and oxygen atoms in total. The summed E-state index contributed by atoms with van der Waals surface area (Å²) in [7, 11) is 1.53. The Kier molecular flexibility index (Phi) is 6.31. The number of aromatic nitrogens is 1. The van der Waals surface area contributed by atoms with Gasteiger partial charge in [-0.3, -0.25) is 9.78 Å². The number of carbonyl (C=O) groups is 2. The van der Waals surface area contributed by atoms with Gasteiger partial charge in [0.2, 0.25) is 0 Å². The van der Waals surface area contributed by atoms with Gasteiger partial charge in [-0.05, 0) is 42.3 Å². The number of fused-ring (bicyclic) bond motifs is 1. The third-order valence-electron chi connectivity index (χ3n) is 5.86. The SMILES string of the molecule is COc1ccc(C(=O)NC2(C(=O)O)Cc3cccnc3C2)cc1OCCc1cccc(C)c1. The molecule has 170 valence electrons. The fourth-order valence-electron chi connectivity index (χ4n) is 4.12. The summed E-state index contributed by atoms with van der Waals surface area (Å²) in [6, 6.07) is 16.6. The van der Waals surface area contributed by atoms with Gasteiger partial charge in [-0.25, -0.2) is 4.79 Å². The molecule has 2 aromatic carbocycles. The van der Waals surface area contributed by atoms with E-state index >= 15 is 0 Å². The molecule has 1 heterocycles. The molecule has 0 aliphatic heterocycles. The molecule has 1 aromatic heterocycles. The number of aryl methyl sites for hydroxylation is 1. The van der Waals surface area contributed by atoms with Gasteiger partial charge in [-0.15, -0.1) is 0 Å². The maximum absolute atomic E-state index is 13.1. The van der Waals surface area contributed by atoms with Crippen LogP contribution in [0, 0.1) is 6.92 Å². The lowest BCUT2D eigenvalue weighted by atomic mass is 9.95. The molecule has 1 aliphatic rings. The Morgan fingerprint density at radius 2 is 1.94 bits per heavy atom. The van der Waals surface area contributed by atoms with Crippen molar-refractivity contribution in [3.63, 3.8) is 0 Å². The van der Waals surface area contributed by atoms with Crippen molar-refractivity contribution in [2.45, 2.75) is 31.7 Å². The van der Waals surface area contributed by atoms with E-state index in [2.05, 4.69) is 16.4 Å². The molecule has 1 aliphatic carbocycles. The van der Waals surface area contributed by atoms with E-state index in [-0.39, 0.29) is 12.8 Å². The number of nitrogens with one attached hydrogen (secondary N) is 1. The van der Waals surface area contributed by atoms with Crippen LogP contribution in [0.2, 0.25) is 0 Å². The van der Waals surface area contributed by atoms with Crippen LogP contribution in [-0.2, 0) is 24.1 Å². The molecule has 2 N–H and O–H groups in total. The number of pyridine rings is 1. The molecule has 4 rings (SSSR count). The smallest absolute Gasteiger partial charge is 0.330 e. The molecule has 1 unspecified atom stereocenters. The molecular formula is C26H26N2O5. The Morgan fingerprint density at radius 1 is 1.09 bits per heavy atom. The topological polar surface area (TPSA) is 97.8 Å². The Morgan fingerprint density at radius 3 is 2.67 bits per heavy atom. The Labute approximate surface area is 192 Å². The summed E-state index contributed by atoms with van der Waals surface area (Å²) >= 11 is 0. The predicted octanol–water partition coefficient (Wildman–Crippen LogP) is 3.37. The van der Waals surface area contributed by atoms with E-state index in [0.717, 1.165) is 11.1 Å². The van der Waals surface area contributed by atoms with Crippen molar-refractivity contribution in [1.29, 1.82) is 0 Å². The molecular weight excluding hydrogens is 420 g/mol. The number of nitrogens with zero attached hydrogens (tertiary/aromatic N) is 1. The largest absolute Gasteiger partial charge is 0.493 e. The van der Waals surface area contributed by atoms with Gasteiger partial charge in [0, 0.05) is 36.7 Å². The summed E-state index contributed by atoms with van der Waals surface area (Å²) in [4.78, 5) is 29.5. The van der Waals surface area contributed by atoms with Gasteiger partial charge in [-0.2, -0.15) is 0 Å². The second kappa shape index (κ2) is 9.32. The minimum absolute atomic E-state index is 0.139. The maximum Gasteiger partial charge on any atom is 0.330 e. The van der Waals surface area contributed by atoms with Crippen LogP contribution in [0.15, 0.2) is 60.8 Å². The second-order valence-corrected chi connectivity index (χ2v) is 8.26. The first-order valence-electron chi connectivity index (χ1n) is 10.8. The average Bonchev–Trinajstić information content (AvgIpc) is 3.18. The zero-order valence-corrected chi connectivity index (χ0v) is 18.6. The summed E-state index contributed by atoms with van der Waals surface area (Å²) in [5, 5.41) is 12.7. The number of carboxylic acids is 1. The van der Waals surface area contributed by atoms with E-state index in [1.807, 2.05) is 31.2 Å². The minimum atomic E-state index is -1.43. The number of rotatable bonds is 8. The Balaban J connectivity index is 1.49. The summed E-state index contributed by atoms with van der Waals surface area (Å²) in [6.07, 6.45) is 2.66.